The number of alkyl halides is 1. The Morgan fingerprint density at radius 2 is 1.87 bits per heavy atom. The highest BCUT2D eigenvalue weighted by molar-refractivity contribution is 6.34. The summed E-state index contributed by atoms with van der Waals surface area (Å²) in [5.74, 6) is 0.443. The molecule has 1 amide bonds. The number of phenols is 1. The Morgan fingerprint density at radius 1 is 1.04 bits per heavy atom. The molecule has 55 heavy (non-hydrogen) atoms. The molecule has 3 saturated heterocycles. The molecule has 0 saturated carbocycles. The largest absolute Gasteiger partial charge is 0.508 e. The number of aromatic nitrogens is 4. The van der Waals surface area contributed by atoms with Gasteiger partial charge in [0, 0.05) is 81.5 Å². The van der Waals surface area contributed by atoms with Crippen molar-refractivity contribution in [2.45, 2.75) is 76.8 Å². The average Bonchev–Trinajstić information content (AvgIpc) is 3.75. The first-order chi connectivity index (χ1) is 26.6. The Kier molecular flexibility index (Phi) is 9.49. The van der Waals surface area contributed by atoms with Gasteiger partial charge in [0.25, 0.3) is 5.91 Å². The summed E-state index contributed by atoms with van der Waals surface area (Å²) >= 11 is 7.04. The number of amides is 1. The maximum atomic E-state index is 15.2. The van der Waals surface area contributed by atoms with E-state index in [0.29, 0.717) is 88.8 Å². The fraction of sp³-hybridized carbons (Fsp3) is 0.550. The molecule has 0 aliphatic carbocycles. The first-order valence-electron chi connectivity index (χ1n) is 19.7. The maximum absolute atomic E-state index is 15.2. The van der Waals surface area contributed by atoms with E-state index in [0.717, 1.165) is 78.1 Å². The van der Waals surface area contributed by atoms with Crippen LogP contribution in [0.25, 0.3) is 10.8 Å². The lowest BCUT2D eigenvalue weighted by Crippen LogP contribution is -2.47. The van der Waals surface area contributed by atoms with E-state index in [9.17, 15) is 14.3 Å². The number of benzene rings is 2. The summed E-state index contributed by atoms with van der Waals surface area (Å²) in [4.78, 5) is 34.3. The highest BCUT2D eigenvalue weighted by atomic mass is 35.5. The molecule has 7 heterocycles. The third-order valence-electron chi connectivity index (χ3n) is 12.5. The van der Waals surface area contributed by atoms with Crippen molar-refractivity contribution in [3.05, 3.63) is 63.3 Å². The van der Waals surface area contributed by atoms with Crippen molar-refractivity contribution in [2.75, 3.05) is 75.8 Å². The van der Waals surface area contributed by atoms with Crippen LogP contribution in [0.3, 0.4) is 0 Å². The predicted molar refractivity (Wildman–Crippen MR) is 207 cm³/mol. The quantitative estimate of drug-likeness (QED) is 0.270. The fourth-order valence-corrected chi connectivity index (χ4v) is 9.87. The molecule has 2 aromatic carbocycles. The minimum absolute atomic E-state index is 0.112. The SMILES string of the molecule is CCc1c(F)ccc2cc(O)cc(N3CCc4c(nc(OC[C@@]56CCCN5C[C@H](F)C6)nc4N4CCCn5nc(C(=O)N6CCN(C)CC6)c(Cl)c5C4)C3)c12. The lowest BCUT2D eigenvalue weighted by atomic mass is 9.95. The molecule has 1 N–H and O–H groups in total. The fourth-order valence-electron chi connectivity index (χ4n) is 9.60. The Morgan fingerprint density at radius 3 is 2.69 bits per heavy atom. The van der Waals surface area contributed by atoms with Gasteiger partial charge < -0.3 is 29.4 Å². The van der Waals surface area contributed by atoms with E-state index in [-0.39, 0.29) is 34.7 Å². The van der Waals surface area contributed by atoms with Crippen molar-refractivity contribution in [3.8, 4) is 11.8 Å². The average molecular weight is 776 g/mol. The molecular weight excluding hydrogens is 728 g/mol. The zero-order valence-corrected chi connectivity index (χ0v) is 32.3. The van der Waals surface area contributed by atoms with Crippen LogP contribution in [-0.4, -0.2) is 123 Å². The minimum atomic E-state index is -0.882. The number of aromatic hydroxyl groups is 1. The number of nitrogens with zero attached hydrogens (tertiary/aromatic N) is 9. The topological polar surface area (TPSA) is 106 Å². The predicted octanol–water partition coefficient (Wildman–Crippen LogP) is 5.20. The van der Waals surface area contributed by atoms with Crippen LogP contribution >= 0.6 is 11.6 Å². The Balaban J connectivity index is 1.07. The summed E-state index contributed by atoms with van der Waals surface area (Å²) in [5.41, 5.74) is 3.81. The minimum Gasteiger partial charge on any atom is -0.508 e. The van der Waals surface area contributed by atoms with Crippen LogP contribution in [0.5, 0.6) is 11.8 Å². The number of piperazine rings is 1. The number of hydrogen-bond donors (Lipinski definition) is 1. The first-order valence-corrected chi connectivity index (χ1v) is 20.1. The second-order valence-corrected chi connectivity index (χ2v) is 16.3. The summed E-state index contributed by atoms with van der Waals surface area (Å²) in [6.07, 6.45) is 3.27. The smallest absolute Gasteiger partial charge is 0.318 e. The van der Waals surface area contributed by atoms with Crippen molar-refractivity contribution in [3.63, 3.8) is 0 Å². The summed E-state index contributed by atoms with van der Waals surface area (Å²) in [7, 11) is 2.05. The molecule has 2 aromatic heterocycles. The number of ether oxygens (including phenoxy) is 1. The normalized spacial score (nSPS) is 23.2. The highest BCUT2D eigenvalue weighted by Crippen LogP contribution is 2.42. The van der Waals surface area contributed by atoms with Crippen molar-refractivity contribution in [1.82, 2.24) is 34.4 Å². The van der Waals surface area contributed by atoms with Gasteiger partial charge in [0.2, 0.25) is 0 Å². The van der Waals surface area contributed by atoms with Crippen LogP contribution in [0.4, 0.5) is 20.3 Å². The van der Waals surface area contributed by atoms with Crippen LogP contribution < -0.4 is 14.5 Å². The van der Waals surface area contributed by atoms with Crippen LogP contribution in [0.15, 0.2) is 24.3 Å². The number of hydrogen-bond acceptors (Lipinski definition) is 10. The third-order valence-corrected chi connectivity index (χ3v) is 12.9. The van der Waals surface area contributed by atoms with Gasteiger partial charge in [0.05, 0.1) is 35.0 Å². The number of rotatable bonds is 7. The number of fused-ring (bicyclic) bond motifs is 4. The molecule has 4 aromatic rings. The van der Waals surface area contributed by atoms with Gasteiger partial charge in [-0.05, 0) is 68.8 Å². The Labute approximate surface area is 324 Å². The molecule has 5 aliphatic rings. The van der Waals surface area contributed by atoms with Crippen molar-refractivity contribution in [2.24, 2.45) is 0 Å². The van der Waals surface area contributed by atoms with Crippen molar-refractivity contribution >= 4 is 39.8 Å². The molecule has 0 bridgehead atoms. The molecule has 15 heteroatoms. The standard InChI is InChI=1S/C40H48ClF2N9O3/c1-3-28-30(43)7-6-25-18-27(53)19-32(34(25)28)49-13-8-29-31(22-49)44-39(55-24-40-9-4-11-51(40)21-26(42)20-40)45-37(29)50-10-5-12-52-33(23-50)35(41)36(46-52)38(54)48-16-14-47(2)15-17-48/h6-7,18-19,26,53H,3-5,8-17,20-24H2,1-2H3/t26-,40+/m1/s1. The monoisotopic (exact) mass is 775 g/mol. The second-order valence-electron chi connectivity index (χ2n) is 15.9. The van der Waals surface area contributed by atoms with Crippen molar-refractivity contribution < 1.29 is 23.4 Å². The van der Waals surface area contributed by atoms with Crippen LogP contribution in [-0.2, 0) is 32.5 Å². The van der Waals surface area contributed by atoms with Crippen LogP contribution in [0, 0.1) is 5.82 Å². The number of aryl methyl sites for hydroxylation is 2. The van der Waals surface area contributed by atoms with Crippen LogP contribution in [0.2, 0.25) is 5.02 Å². The molecule has 5 aliphatic heterocycles. The summed E-state index contributed by atoms with van der Waals surface area (Å²) in [6.45, 7) is 9.03. The van der Waals surface area contributed by atoms with Crippen molar-refractivity contribution in [1.29, 1.82) is 0 Å². The molecule has 9 rings (SSSR count). The lowest BCUT2D eigenvalue weighted by Gasteiger charge is -2.35. The maximum Gasteiger partial charge on any atom is 0.318 e. The summed E-state index contributed by atoms with van der Waals surface area (Å²) < 4.78 is 38.3. The number of carbonyl (C=O) groups excluding carboxylic acids is 1. The molecular formula is C40H48ClF2N9O3. The zero-order chi connectivity index (χ0) is 38.0. The number of phenolic OH excluding ortho intramolecular Hbond substituents is 1. The van der Waals surface area contributed by atoms with E-state index in [1.807, 2.05) is 16.5 Å². The molecule has 292 valence electrons. The van der Waals surface area contributed by atoms with E-state index in [1.165, 1.54) is 6.07 Å². The van der Waals surface area contributed by atoms with Gasteiger partial charge >= 0.3 is 6.01 Å². The number of halogens is 3. The van der Waals surface area contributed by atoms with Gasteiger partial charge in [-0.1, -0.05) is 24.6 Å². The molecule has 0 radical (unpaired) electrons. The number of likely N-dealkylation sites (N-methyl/N-ethyl adjacent to an activating group) is 1. The van der Waals surface area contributed by atoms with E-state index in [2.05, 4.69) is 26.6 Å². The lowest BCUT2D eigenvalue weighted by molar-refractivity contribution is 0.0657. The Hall–Kier alpha value is -4.27. The van der Waals surface area contributed by atoms with E-state index in [4.69, 9.17) is 31.4 Å². The van der Waals surface area contributed by atoms with Gasteiger partial charge in [-0.15, -0.1) is 0 Å². The Bertz CT molecular complexity index is 2140. The molecule has 0 spiro atoms. The van der Waals surface area contributed by atoms with E-state index < -0.39 is 6.17 Å². The summed E-state index contributed by atoms with van der Waals surface area (Å²) in [5, 5.41) is 17.5. The molecule has 2 atom stereocenters. The van der Waals surface area contributed by atoms with Crippen LogP contribution in [0.1, 0.15) is 65.6 Å². The molecule has 3 fully saturated rings. The van der Waals surface area contributed by atoms with Gasteiger partial charge in [-0.25, -0.2) is 8.78 Å². The molecule has 12 nitrogen and oxygen atoms in total. The third kappa shape index (κ3) is 6.53. The number of carbonyl (C=O) groups is 1. The highest BCUT2D eigenvalue weighted by Gasteiger charge is 2.49. The second kappa shape index (κ2) is 14.3. The van der Waals surface area contributed by atoms with Gasteiger partial charge in [0.15, 0.2) is 5.69 Å². The van der Waals surface area contributed by atoms with E-state index >= 15 is 4.39 Å². The zero-order valence-electron chi connectivity index (χ0n) is 31.5. The first kappa shape index (κ1) is 36.4. The molecule has 0 unspecified atom stereocenters. The summed E-state index contributed by atoms with van der Waals surface area (Å²) in [6, 6.07) is 6.80. The van der Waals surface area contributed by atoms with Gasteiger partial charge in [-0.2, -0.15) is 15.1 Å². The van der Waals surface area contributed by atoms with Gasteiger partial charge in [-0.3, -0.25) is 14.4 Å². The van der Waals surface area contributed by atoms with E-state index in [1.54, 1.807) is 18.2 Å². The number of anilines is 2. The van der Waals surface area contributed by atoms with Gasteiger partial charge in [0.1, 0.15) is 30.2 Å².